The van der Waals surface area contributed by atoms with Crippen LogP contribution in [0.25, 0.3) is 11.1 Å². The zero-order valence-corrected chi connectivity index (χ0v) is 11.1. The Bertz CT molecular complexity index is 552. The smallest absolute Gasteiger partial charge is 0.127 e. The van der Waals surface area contributed by atoms with Crippen molar-refractivity contribution in [2.24, 2.45) is 0 Å². The Kier molecular flexibility index (Phi) is 4.42. The highest BCUT2D eigenvalue weighted by Gasteiger charge is 2.10. The van der Waals surface area contributed by atoms with Crippen LogP contribution >= 0.6 is 0 Å². The summed E-state index contributed by atoms with van der Waals surface area (Å²) in [5.41, 5.74) is 9.44. The summed E-state index contributed by atoms with van der Waals surface area (Å²) >= 11 is 0. The molecule has 0 unspecified atom stereocenters. The lowest BCUT2D eigenvalue weighted by molar-refractivity contribution is 0.281. The maximum absolute atomic E-state index is 9.27. The van der Waals surface area contributed by atoms with Crippen LogP contribution in [0.2, 0.25) is 0 Å². The number of benzene rings is 2. The van der Waals surface area contributed by atoms with Crippen molar-refractivity contribution in [2.75, 3.05) is 12.3 Å². The van der Waals surface area contributed by atoms with Gasteiger partial charge < -0.3 is 15.6 Å². The van der Waals surface area contributed by atoms with E-state index in [1.54, 1.807) is 0 Å². The Morgan fingerprint density at radius 1 is 1.11 bits per heavy atom. The highest BCUT2D eigenvalue weighted by atomic mass is 16.5. The molecule has 0 atom stereocenters. The van der Waals surface area contributed by atoms with Gasteiger partial charge in [-0.25, -0.2) is 0 Å². The van der Waals surface area contributed by atoms with E-state index in [0.29, 0.717) is 12.3 Å². The Morgan fingerprint density at radius 3 is 2.58 bits per heavy atom. The molecule has 0 saturated heterocycles. The molecular formula is C16H19NO2. The molecule has 3 heteroatoms. The van der Waals surface area contributed by atoms with Gasteiger partial charge in [0.1, 0.15) is 5.75 Å². The monoisotopic (exact) mass is 257 g/mol. The third kappa shape index (κ3) is 3.06. The molecule has 3 nitrogen and oxygen atoms in total. The molecule has 0 amide bonds. The Labute approximate surface area is 113 Å². The van der Waals surface area contributed by atoms with Gasteiger partial charge in [-0.2, -0.15) is 0 Å². The summed E-state index contributed by atoms with van der Waals surface area (Å²) in [5.74, 6) is 0.803. The Balaban J connectivity index is 2.49. The van der Waals surface area contributed by atoms with Crippen LogP contribution in [0, 0.1) is 0 Å². The Morgan fingerprint density at radius 2 is 1.89 bits per heavy atom. The van der Waals surface area contributed by atoms with Crippen molar-refractivity contribution < 1.29 is 9.84 Å². The van der Waals surface area contributed by atoms with Gasteiger partial charge in [0.15, 0.2) is 0 Å². The topological polar surface area (TPSA) is 55.5 Å². The second kappa shape index (κ2) is 6.25. The summed E-state index contributed by atoms with van der Waals surface area (Å²) in [6.07, 6.45) is 0.950. The zero-order chi connectivity index (χ0) is 13.7. The zero-order valence-electron chi connectivity index (χ0n) is 11.1. The van der Waals surface area contributed by atoms with E-state index in [2.05, 4.69) is 6.92 Å². The highest BCUT2D eigenvalue weighted by molar-refractivity contribution is 5.80. The van der Waals surface area contributed by atoms with Crippen LogP contribution in [0.3, 0.4) is 0 Å². The molecule has 19 heavy (non-hydrogen) atoms. The minimum Gasteiger partial charge on any atom is -0.493 e. The third-order valence-electron chi connectivity index (χ3n) is 2.94. The third-order valence-corrected chi connectivity index (χ3v) is 2.94. The average molecular weight is 257 g/mol. The number of nitrogen functional groups attached to an aromatic ring is 1. The minimum absolute atomic E-state index is 0.00773. The second-order valence-corrected chi connectivity index (χ2v) is 4.42. The molecule has 2 rings (SSSR count). The molecule has 0 aromatic heterocycles. The van der Waals surface area contributed by atoms with Crippen LogP contribution in [-0.2, 0) is 6.61 Å². The van der Waals surface area contributed by atoms with Crippen molar-refractivity contribution in [1.29, 1.82) is 0 Å². The van der Waals surface area contributed by atoms with Crippen LogP contribution in [-0.4, -0.2) is 11.7 Å². The second-order valence-electron chi connectivity index (χ2n) is 4.42. The van der Waals surface area contributed by atoms with Crippen LogP contribution in [0.15, 0.2) is 42.5 Å². The molecule has 0 aliphatic rings. The van der Waals surface area contributed by atoms with Crippen molar-refractivity contribution in [3.8, 4) is 16.9 Å². The maximum Gasteiger partial charge on any atom is 0.127 e. The largest absolute Gasteiger partial charge is 0.493 e. The van der Waals surface area contributed by atoms with E-state index in [-0.39, 0.29) is 6.61 Å². The van der Waals surface area contributed by atoms with E-state index in [0.717, 1.165) is 28.9 Å². The lowest BCUT2D eigenvalue weighted by Crippen LogP contribution is -1.99. The number of para-hydroxylation sites is 1. The molecule has 3 N–H and O–H groups in total. The van der Waals surface area contributed by atoms with Crippen molar-refractivity contribution in [3.05, 3.63) is 48.0 Å². The van der Waals surface area contributed by atoms with Crippen LogP contribution in [0.1, 0.15) is 18.9 Å². The fraction of sp³-hybridized carbons (Fsp3) is 0.250. The van der Waals surface area contributed by atoms with Gasteiger partial charge in [-0.05, 0) is 30.2 Å². The van der Waals surface area contributed by atoms with Crippen molar-refractivity contribution in [1.82, 2.24) is 0 Å². The fourth-order valence-electron chi connectivity index (χ4n) is 1.97. The summed E-state index contributed by atoms with van der Waals surface area (Å²) in [7, 11) is 0. The first-order valence-electron chi connectivity index (χ1n) is 6.47. The van der Waals surface area contributed by atoms with Crippen molar-refractivity contribution in [3.63, 3.8) is 0 Å². The van der Waals surface area contributed by atoms with Crippen molar-refractivity contribution in [2.45, 2.75) is 20.0 Å². The summed E-state index contributed by atoms with van der Waals surface area (Å²) in [6, 6.07) is 13.4. The average Bonchev–Trinajstić information content (AvgIpc) is 2.45. The first kappa shape index (κ1) is 13.4. The maximum atomic E-state index is 9.27. The van der Waals surface area contributed by atoms with Crippen molar-refractivity contribution >= 4 is 5.69 Å². The normalized spacial score (nSPS) is 10.4. The first-order chi connectivity index (χ1) is 9.26. The molecule has 100 valence electrons. The summed E-state index contributed by atoms with van der Waals surface area (Å²) in [6.45, 7) is 2.74. The molecule has 0 radical (unpaired) electrons. The van der Waals surface area contributed by atoms with Crippen LogP contribution in [0.4, 0.5) is 5.69 Å². The van der Waals surface area contributed by atoms with Gasteiger partial charge in [0.25, 0.3) is 0 Å². The van der Waals surface area contributed by atoms with Gasteiger partial charge in [0.2, 0.25) is 0 Å². The van der Waals surface area contributed by atoms with E-state index in [9.17, 15) is 5.11 Å². The number of nitrogens with two attached hydrogens (primary N) is 1. The standard InChI is InChI=1S/C16H19NO2/c1-2-9-19-16-8-7-12(11-18)10-14(16)13-5-3-4-6-15(13)17/h3-8,10,18H,2,9,11,17H2,1H3. The van der Waals surface area contributed by atoms with E-state index in [1.165, 1.54) is 0 Å². The van der Waals surface area contributed by atoms with E-state index >= 15 is 0 Å². The van der Waals surface area contributed by atoms with E-state index in [1.807, 2.05) is 42.5 Å². The van der Waals surface area contributed by atoms with Crippen LogP contribution < -0.4 is 10.5 Å². The lowest BCUT2D eigenvalue weighted by atomic mass is 10.0. The highest BCUT2D eigenvalue weighted by Crippen LogP contribution is 2.34. The molecule has 0 spiro atoms. The summed E-state index contributed by atoms with van der Waals surface area (Å²) < 4.78 is 5.76. The first-order valence-corrected chi connectivity index (χ1v) is 6.47. The quantitative estimate of drug-likeness (QED) is 0.809. The molecule has 0 saturated carbocycles. The predicted molar refractivity (Wildman–Crippen MR) is 78.0 cm³/mol. The van der Waals surface area contributed by atoms with Gasteiger partial charge in [-0.1, -0.05) is 31.2 Å². The van der Waals surface area contributed by atoms with E-state index in [4.69, 9.17) is 10.5 Å². The molecule has 2 aromatic rings. The Hall–Kier alpha value is -2.00. The number of rotatable bonds is 5. The number of anilines is 1. The minimum atomic E-state index is 0.00773. The predicted octanol–water partition coefficient (Wildman–Crippen LogP) is 3.22. The van der Waals surface area contributed by atoms with Gasteiger partial charge >= 0.3 is 0 Å². The molecule has 0 aliphatic carbocycles. The molecule has 0 bridgehead atoms. The van der Waals surface area contributed by atoms with Crippen LogP contribution in [0.5, 0.6) is 5.75 Å². The molecule has 2 aromatic carbocycles. The number of hydrogen-bond donors (Lipinski definition) is 2. The number of aliphatic hydroxyl groups excluding tert-OH is 1. The van der Waals surface area contributed by atoms with Gasteiger partial charge in [-0.3, -0.25) is 0 Å². The van der Waals surface area contributed by atoms with Gasteiger partial charge in [0, 0.05) is 16.8 Å². The molecule has 0 fully saturated rings. The number of hydrogen-bond acceptors (Lipinski definition) is 3. The molecule has 0 heterocycles. The summed E-state index contributed by atoms with van der Waals surface area (Å²) in [4.78, 5) is 0. The SMILES string of the molecule is CCCOc1ccc(CO)cc1-c1ccccc1N. The number of ether oxygens (including phenoxy) is 1. The van der Waals surface area contributed by atoms with Gasteiger partial charge in [0.05, 0.1) is 13.2 Å². The molecule has 0 aliphatic heterocycles. The number of aliphatic hydroxyl groups is 1. The lowest BCUT2D eigenvalue weighted by Gasteiger charge is -2.14. The van der Waals surface area contributed by atoms with Gasteiger partial charge in [-0.15, -0.1) is 0 Å². The fourth-order valence-corrected chi connectivity index (χ4v) is 1.97. The molecular weight excluding hydrogens is 238 g/mol. The summed E-state index contributed by atoms with van der Waals surface area (Å²) in [5, 5.41) is 9.27. The van der Waals surface area contributed by atoms with E-state index < -0.39 is 0 Å².